The first-order valence-electron chi connectivity index (χ1n) is 9.07. The normalized spacial score (nSPS) is 16.1. The molecule has 1 aliphatic heterocycles. The van der Waals surface area contributed by atoms with Crippen molar-refractivity contribution >= 4 is 34.0 Å². The Morgan fingerprint density at radius 2 is 1.97 bits per heavy atom. The first kappa shape index (κ1) is 19.3. The summed E-state index contributed by atoms with van der Waals surface area (Å²) in [5, 5.41) is 22.7. The zero-order valence-electron chi connectivity index (χ0n) is 15.4. The van der Waals surface area contributed by atoms with Crippen LogP contribution in [-0.4, -0.2) is 43.3 Å². The third-order valence-electron chi connectivity index (χ3n) is 5.21. The van der Waals surface area contributed by atoms with Crippen LogP contribution in [0.25, 0.3) is 10.9 Å². The van der Waals surface area contributed by atoms with Crippen LogP contribution >= 0.6 is 11.6 Å². The molecule has 0 spiro atoms. The van der Waals surface area contributed by atoms with Gasteiger partial charge >= 0.3 is 0 Å². The Bertz CT molecular complexity index is 1120. The second-order valence-corrected chi connectivity index (χ2v) is 7.62. The fraction of sp³-hybridized carbons (Fsp3) is 0.316. The number of aliphatic hydroxyl groups is 1. The summed E-state index contributed by atoms with van der Waals surface area (Å²) in [4.78, 5) is 33.4. The van der Waals surface area contributed by atoms with E-state index in [0.29, 0.717) is 47.7 Å². The van der Waals surface area contributed by atoms with E-state index in [0.717, 1.165) is 0 Å². The summed E-state index contributed by atoms with van der Waals surface area (Å²) in [5.74, 6) is 0.624. The standard InChI is InChI=1S/C19H18ClN5O4/c20-13-1-3-15-16(9-13)22-12-24(18(15)26)11-19(27)5-7-23(8-6-19)17-4-2-14(10-21-17)25(28)29/h1-4,9-10,12,27H,5-8,11H2. The van der Waals surface area contributed by atoms with Crippen LogP contribution < -0.4 is 10.5 Å². The molecule has 0 bridgehead atoms. The molecule has 1 N–H and O–H groups in total. The predicted molar refractivity (Wildman–Crippen MR) is 108 cm³/mol. The smallest absolute Gasteiger partial charge is 0.287 e. The molecule has 1 saturated heterocycles. The highest BCUT2D eigenvalue weighted by molar-refractivity contribution is 6.31. The predicted octanol–water partition coefficient (Wildman–Crippen LogP) is 2.38. The quantitative estimate of drug-likeness (QED) is 0.513. The lowest BCUT2D eigenvalue weighted by Gasteiger charge is -2.38. The van der Waals surface area contributed by atoms with Gasteiger partial charge in [0.1, 0.15) is 12.0 Å². The van der Waals surface area contributed by atoms with Crippen LogP contribution in [-0.2, 0) is 6.54 Å². The van der Waals surface area contributed by atoms with Gasteiger partial charge in [0.2, 0.25) is 0 Å². The Kier molecular flexibility index (Phi) is 4.93. The minimum atomic E-state index is -1.05. The van der Waals surface area contributed by atoms with Crippen LogP contribution in [0.4, 0.5) is 11.5 Å². The van der Waals surface area contributed by atoms with E-state index in [1.54, 1.807) is 24.3 Å². The summed E-state index contributed by atoms with van der Waals surface area (Å²) in [6, 6.07) is 7.92. The number of benzene rings is 1. The fourth-order valence-corrected chi connectivity index (χ4v) is 3.71. The zero-order chi connectivity index (χ0) is 20.6. The van der Waals surface area contributed by atoms with Crippen LogP contribution in [0.15, 0.2) is 47.7 Å². The summed E-state index contributed by atoms with van der Waals surface area (Å²) in [6.07, 6.45) is 3.51. The maximum atomic E-state index is 12.7. The second-order valence-electron chi connectivity index (χ2n) is 7.18. The summed E-state index contributed by atoms with van der Waals surface area (Å²) in [7, 11) is 0. The highest BCUT2D eigenvalue weighted by Crippen LogP contribution is 2.27. The average molecular weight is 416 g/mol. The lowest BCUT2D eigenvalue weighted by Crippen LogP contribution is -2.48. The summed E-state index contributed by atoms with van der Waals surface area (Å²) >= 11 is 5.94. The van der Waals surface area contributed by atoms with Crippen LogP contribution in [0, 0.1) is 10.1 Å². The van der Waals surface area contributed by atoms with Crippen molar-refractivity contribution < 1.29 is 10.0 Å². The van der Waals surface area contributed by atoms with Gasteiger partial charge in [0.25, 0.3) is 11.2 Å². The van der Waals surface area contributed by atoms with E-state index in [1.807, 2.05) is 4.90 Å². The number of hydrogen-bond donors (Lipinski definition) is 1. The van der Waals surface area contributed by atoms with Crippen LogP contribution in [0.3, 0.4) is 0 Å². The highest BCUT2D eigenvalue weighted by atomic mass is 35.5. The highest BCUT2D eigenvalue weighted by Gasteiger charge is 2.33. The summed E-state index contributed by atoms with van der Waals surface area (Å²) in [5.41, 5.74) is -0.820. The van der Waals surface area contributed by atoms with Gasteiger partial charge in [-0.25, -0.2) is 9.97 Å². The van der Waals surface area contributed by atoms with Crippen molar-refractivity contribution in [2.45, 2.75) is 25.0 Å². The molecule has 4 rings (SSSR count). The molecule has 0 saturated carbocycles. The SMILES string of the molecule is O=c1c2ccc(Cl)cc2ncn1CC1(O)CCN(c2ccc([N+](=O)[O-])cn2)CC1. The number of piperidine rings is 1. The van der Waals surface area contributed by atoms with E-state index in [4.69, 9.17) is 11.6 Å². The Morgan fingerprint density at radius 1 is 1.21 bits per heavy atom. The number of anilines is 1. The molecule has 3 heterocycles. The number of nitrogens with zero attached hydrogens (tertiary/aromatic N) is 5. The van der Waals surface area contributed by atoms with Gasteiger partial charge in [-0.15, -0.1) is 0 Å². The number of rotatable bonds is 4. The molecule has 3 aromatic rings. The van der Waals surface area contributed by atoms with E-state index < -0.39 is 10.5 Å². The van der Waals surface area contributed by atoms with Crippen molar-refractivity contribution in [3.8, 4) is 0 Å². The van der Waals surface area contributed by atoms with Crippen molar-refractivity contribution in [1.29, 1.82) is 0 Å². The van der Waals surface area contributed by atoms with E-state index in [-0.39, 0.29) is 17.8 Å². The van der Waals surface area contributed by atoms with Crippen LogP contribution in [0.5, 0.6) is 0 Å². The van der Waals surface area contributed by atoms with Gasteiger partial charge in [-0.05, 0) is 37.1 Å². The number of nitro groups is 1. The molecule has 150 valence electrons. The number of pyridine rings is 1. The zero-order valence-corrected chi connectivity index (χ0v) is 16.1. The molecule has 0 aliphatic carbocycles. The fourth-order valence-electron chi connectivity index (χ4n) is 3.54. The molecule has 1 aromatic carbocycles. The molecule has 0 atom stereocenters. The molecule has 2 aromatic heterocycles. The van der Waals surface area contributed by atoms with Gasteiger partial charge in [0.15, 0.2) is 0 Å². The average Bonchev–Trinajstić information content (AvgIpc) is 2.71. The maximum absolute atomic E-state index is 12.7. The molecule has 0 radical (unpaired) electrons. The first-order valence-corrected chi connectivity index (χ1v) is 9.45. The number of halogens is 1. The largest absolute Gasteiger partial charge is 0.388 e. The molecule has 1 aliphatic rings. The van der Waals surface area contributed by atoms with E-state index in [9.17, 15) is 20.0 Å². The van der Waals surface area contributed by atoms with Gasteiger partial charge in [0, 0.05) is 24.2 Å². The Labute approximate surface area is 170 Å². The molecule has 29 heavy (non-hydrogen) atoms. The van der Waals surface area contributed by atoms with Crippen molar-refractivity contribution in [2.75, 3.05) is 18.0 Å². The Balaban J connectivity index is 1.48. The van der Waals surface area contributed by atoms with Gasteiger partial charge in [-0.3, -0.25) is 19.5 Å². The molecule has 10 heteroatoms. The molecular weight excluding hydrogens is 398 g/mol. The van der Waals surface area contributed by atoms with Crippen molar-refractivity contribution in [1.82, 2.24) is 14.5 Å². The molecule has 0 unspecified atom stereocenters. The molecular formula is C19H18ClN5O4. The van der Waals surface area contributed by atoms with E-state index in [1.165, 1.54) is 23.2 Å². The lowest BCUT2D eigenvalue weighted by molar-refractivity contribution is -0.385. The van der Waals surface area contributed by atoms with Crippen LogP contribution in [0.1, 0.15) is 12.8 Å². The third kappa shape index (κ3) is 3.92. The number of aromatic nitrogens is 3. The van der Waals surface area contributed by atoms with Crippen molar-refractivity contribution in [2.24, 2.45) is 0 Å². The van der Waals surface area contributed by atoms with Gasteiger partial charge in [-0.1, -0.05) is 11.6 Å². The topological polar surface area (TPSA) is 114 Å². The van der Waals surface area contributed by atoms with Gasteiger partial charge in [0.05, 0.1) is 34.3 Å². The molecule has 1 fully saturated rings. The molecule has 9 nitrogen and oxygen atoms in total. The van der Waals surface area contributed by atoms with Gasteiger partial charge in [-0.2, -0.15) is 0 Å². The Morgan fingerprint density at radius 3 is 2.62 bits per heavy atom. The number of fused-ring (bicyclic) bond motifs is 1. The van der Waals surface area contributed by atoms with Crippen LogP contribution in [0.2, 0.25) is 5.02 Å². The monoisotopic (exact) mass is 415 g/mol. The third-order valence-corrected chi connectivity index (χ3v) is 5.45. The first-order chi connectivity index (χ1) is 13.8. The maximum Gasteiger partial charge on any atom is 0.287 e. The minimum absolute atomic E-state index is 0.0632. The van der Waals surface area contributed by atoms with Crippen molar-refractivity contribution in [3.05, 3.63) is 68.3 Å². The van der Waals surface area contributed by atoms with Gasteiger partial charge < -0.3 is 10.0 Å². The lowest BCUT2D eigenvalue weighted by atomic mass is 9.91. The molecule has 0 amide bonds. The van der Waals surface area contributed by atoms with E-state index in [2.05, 4.69) is 9.97 Å². The second kappa shape index (κ2) is 7.41. The minimum Gasteiger partial charge on any atom is -0.388 e. The summed E-state index contributed by atoms with van der Waals surface area (Å²) in [6.45, 7) is 1.18. The van der Waals surface area contributed by atoms with E-state index >= 15 is 0 Å². The Hall–Kier alpha value is -3.04. The van der Waals surface area contributed by atoms with Crippen molar-refractivity contribution in [3.63, 3.8) is 0 Å². The number of hydrogen-bond acceptors (Lipinski definition) is 7. The summed E-state index contributed by atoms with van der Waals surface area (Å²) < 4.78 is 1.43.